The molecule has 6 heteroatoms. The van der Waals surface area contributed by atoms with Crippen molar-refractivity contribution in [1.29, 1.82) is 0 Å². The molecule has 0 saturated carbocycles. The molecule has 26 heavy (non-hydrogen) atoms. The number of carbonyl (C=O) groups is 2. The Morgan fingerprint density at radius 3 is 2.65 bits per heavy atom. The van der Waals surface area contributed by atoms with E-state index in [0.717, 1.165) is 24.2 Å². The fourth-order valence-electron chi connectivity index (χ4n) is 3.54. The summed E-state index contributed by atoms with van der Waals surface area (Å²) < 4.78 is 5.64. The molecule has 1 aliphatic carbocycles. The number of hydrogen-bond acceptors (Lipinski definition) is 4. The second-order valence-corrected chi connectivity index (χ2v) is 7.97. The normalized spacial score (nSPS) is 18.7. The lowest BCUT2D eigenvalue weighted by molar-refractivity contribution is -0.128. The summed E-state index contributed by atoms with van der Waals surface area (Å²) in [5, 5.41) is 0. The Hall–Kier alpha value is -2.34. The van der Waals surface area contributed by atoms with Crippen LogP contribution in [0, 0.1) is 0 Å². The van der Waals surface area contributed by atoms with Gasteiger partial charge in [0.1, 0.15) is 5.75 Å². The van der Waals surface area contributed by atoms with Crippen molar-refractivity contribution in [1.82, 2.24) is 10.9 Å². The molecule has 0 fully saturated rings. The first kappa shape index (κ1) is 17.1. The van der Waals surface area contributed by atoms with Crippen LogP contribution in [0.5, 0.6) is 5.75 Å². The van der Waals surface area contributed by atoms with E-state index in [4.69, 9.17) is 4.74 Å². The van der Waals surface area contributed by atoms with Gasteiger partial charge in [-0.3, -0.25) is 20.4 Å². The van der Waals surface area contributed by atoms with E-state index in [-0.39, 0.29) is 11.8 Å². The van der Waals surface area contributed by atoms with Gasteiger partial charge in [0.05, 0.1) is 4.88 Å². The Bertz CT molecular complexity index is 780. The van der Waals surface area contributed by atoms with Gasteiger partial charge in [-0.25, -0.2) is 0 Å². The average Bonchev–Trinajstić information content (AvgIpc) is 3.23. The largest absolute Gasteiger partial charge is 0.480 e. The molecule has 2 heterocycles. The number of amides is 2. The van der Waals surface area contributed by atoms with Gasteiger partial charge in [-0.05, 0) is 48.9 Å². The van der Waals surface area contributed by atoms with Crippen LogP contribution in [0.2, 0.25) is 0 Å². The van der Waals surface area contributed by atoms with Crippen LogP contribution in [0.15, 0.2) is 30.3 Å². The van der Waals surface area contributed by atoms with Crippen molar-refractivity contribution in [2.24, 2.45) is 0 Å². The highest BCUT2D eigenvalue weighted by Crippen LogP contribution is 2.29. The molecule has 0 radical (unpaired) electrons. The third-order valence-electron chi connectivity index (χ3n) is 4.96. The van der Waals surface area contributed by atoms with Gasteiger partial charge in [-0.1, -0.05) is 31.0 Å². The summed E-state index contributed by atoms with van der Waals surface area (Å²) in [6.07, 6.45) is 6.90. The first-order valence-corrected chi connectivity index (χ1v) is 9.99. The van der Waals surface area contributed by atoms with E-state index < -0.39 is 6.10 Å². The zero-order valence-corrected chi connectivity index (χ0v) is 15.4. The molecule has 2 N–H and O–H groups in total. The molecule has 0 saturated heterocycles. The summed E-state index contributed by atoms with van der Waals surface area (Å²) in [5.41, 5.74) is 7.34. The van der Waals surface area contributed by atoms with Gasteiger partial charge >= 0.3 is 0 Å². The third-order valence-corrected chi connectivity index (χ3v) is 6.20. The number of fused-ring (bicyclic) bond motifs is 2. The van der Waals surface area contributed by atoms with Crippen molar-refractivity contribution in [3.8, 4) is 5.75 Å². The van der Waals surface area contributed by atoms with Crippen LogP contribution in [0.3, 0.4) is 0 Å². The van der Waals surface area contributed by atoms with Gasteiger partial charge in [0.25, 0.3) is 11.8 Å². The van der Waals surface area contributed by atoms with Crippen LogP contribution in [-0.2, 0) is 24.1 Å². The molecule has 2 aromatic rings. The first-order chi connectivity index (χ1) is 12.7. The molecule has 1 aromatic heterocycles. The highest BCUT2D eigenvalue weighted by Gasteiger charge is 2.29. The van der Waals surface area contributed by atoms with Crippen LogP contribution < -0.4 is 15.6 Å². The number of rotatable bonds is 2. The number of ether oxygens (including phenoxy) is 1. The average molecular weight is 370 g/mol. The number of para-hydroxylation sites is 1. The molecule has 2 aliphatic rings. The number of thiophene rings is 1. The minimum Gasteiger partial charge on any atom is -0.480 e. The lowest BCUT2D eigenvalue weighted by Gasteiger charge is -2.11. The highest BCUT2D eigenvalue weighted by atomic mass is 32.1. The molecule has 5 nitrogen and oxygen atoms in total. The van der Waals surface area contributed by atoms with Crippen LogP contribution in [0.1, 0.15) is 51.4 Å². The Balaban J connectivity index is 1.34. The molecule has 2 amide bonds. The predicted molar refractivity (Wildman–Crippen MR) is 100 cm³/mol. The summed E-state index contributed by atoms with van der Waals surface area (Å²) >= 11 is 1.55. The lowest BCUT2D eigenvalue weighted by atomic mass is 10.00. The minimum atomic E-state index is -0.601. The zero-order valence-electron chi connectivity index (χ0n) is 14.5. The molecule has 1 aliphatic heterocycles. The topological polar surface area (TPSA) is 67.4 Å². The van der Waals surface area contributed by atoms with Gasteiger partial charge in [0.2, 0.25) is 0 Å². The predicted octanol–water partition coefficient (Wildman–Crippen LogP) is 3.17. The number of aryl methyl sites for hydroxylation is 2. The molecular weight excluding hydrogens is 348 g/mol. The molecule has 0 unspecified atom stereocenters. The zero-order chi connectivity index (χ0) is 17.9. The van der Waals surface area contributed by atoms with Gasteiger partial charge in [0.15, 0.2) is 6.10 Å². The van der Waals surface area contributed by atoms with Crippen molar-refractivity contribution in [2.45, 2.75) is 51.0 Å². The fraction of sp³-hybridized carbons (Fsp3) is 0.400. The number of hydrazine groups is 1. The van der Waals surface area contributed by atoms with Crippen LogP contribution in [0.25, 0.3) is 0 Å². The van der Waals surface area contributed by atoms with Crippen LogP contribution in [0.4, 0.5) is 0 Å². The molecule has 4 rings (SSSR count). The lowest BCUT2D eigenvalue weighted by Crippen LogP contribution is -2.47. The van der Waals surface area contributed by atoms with E-state index in [9.17, 15) is 9.59 Å². The molecule has 136 valence electrons. The number of carbonyl (C=O) groups excluding carboxylic acids is 2. The van der Waals surface area contributed by atoms with Crippen molar-refractivity contribution in [3.63, 3.8) is 0 Å². The smallest absolute Gasteiger partial charge is 0.279 e. The van der Waals surface area contributed by atoms with Crippen molar-refractivity contribution >= 4 is 23.2 Å². The minimum absolute atomic E-state index is 0.259. The quantitative estimate of drug-likeness (QED) is 0.798. The van der Waals surface area contributed by atoms with Crippen molar-refractivity contribution in [2.75, 3.05) is 0 Å². The van der Waals surface area contributed by atoms with Gasteiger partial charge in [-0.2, -0.15) is 0 Å². The summed E-state index contributed by atoms with van der Waals surface area (Å²) in [5.74, 6) is 0.145. The van der Waals surface area contributed by atoms with E-state index in [1.165, 1.54) is 36.1 Å². The van der Waals surface area contributed by atoms with E-state index in [2.05, 4.69) is 10.9 Å². The second kappa shape index (κ2) is 7.50. The second-order valence-electron chi connectivity index (χ2n) is 6.83. The maximum Gasteiger partial charge on any atom is 0.279 e. The maximum absolute atomic E-state index is 12.4. The van der Waals surface area contributed by atoms with Crippen molar-refractivity contribution < 1.29 is 14.3 Å². The number of nitrogens with one attached hydrogen (secondary N) is 2. The van der Waals surface area contributed by atoms with Crippen LogP contribution in [-0.4, -0.2) is 17.9 Å². The van der Waals surface area contributed by atoms with Crippen molar-refractivity contribution in [3.05, 3.63) is 51.2 Å². The molecule has 0 spiro atoms. The Morgan fingerprint density at radius 1 is 1.00 bits per heavy atom. The Labute approximate surface area is 156 Å². The first-order valence-electron chi connectivity index (χ1n) is 9.17. The Kier molecular flexibility index (Phi) is 4.93. The molecule has 0 bridgehead atoms. The third kappa shape index (κ3) is 3.60. The summed E-state index contributed by atoms with van der Waals surface area (Å²) in [6, 6.07) is 9.58. The molecule has 1 atom stereocenters. The summed E-state index contributed by atoms with van der Waals surface area (Å²) in [7, 11) is 0. The monoisotopic (exact) mass is 370 g/mol. The van der Waals surface area contributed by atoms with Gasteiger partial charge in [0, 0.05) is 11.3 Å². The van der Waals surface area contributed by atoms with E-state index in [1.54, 1.807) is 11.3 Å². The van der Waals surface area contributed by atoms with Gasteiger partial charge in [-0.15, -0.1) is 11.3 Å². The number of benzene rings is 1. The number of hydrogen-bond donors (Lipinski definition) is 2. The van der Waals surface area contributed by atoms with Gasteiger partial charge < -0.3 is 4.74 Å². The summed E-state index contributed by atoms with van der Waals surface area (Å²) in [4.78, 5) is 26.7. The van der Waals surface area contributed by atoms with E-state index in [1.807, 2.05) is 30.3 Å². The standard InChI is InChI=1S/C20H22N2O3S/c23-19(16-11-13-7-5-6-9-15(13)25-16)21-22-20(24)18-12-14-8-3-1-2-4-10-17(14)26-18/h5-7,9,12,16H,1-4,8,10-11H2,(H,21,23)(H,22,24)/t16-/m1/s1. The molecular formula is C20H22N2O3S. The molecule has 1 aromatic carbocycles. The SMILES string of the molecule is O=C(NNC(=O)[C@H]1Cc2ccccc2O1)c1cc2c(s1)CCCCCC2. The van der Waals surface area contributed by atoms with Crippen LogP contribution >= 0.6 is 11.3 Å². The summed E-state index contributed by atoms with van der Waals surface area (Å²) in [6.45, 7) is 0. The highest BCUT2D eigenvalue weighted by molar-refractivity contribution is 7.14. The van der Waals surface area contributed by atoms with E-state index >= 15 is 0 Å². The Morgan fingerprint density at radius 2 is 1.81 bits per heavy atom. The maximum atomic E-state index is 12.4. The fourth-order valence-corrected chi connectivity index (χ4v) is 4.69. The van der Waals surface area contributed by atoms with E-state index in [0.29, 0.717) is 11.3 Å².